The Labute approximate surface area is 114 Å². The van der Waals surface area contributed by atoms with Crippen molar-refractivity contribution in [3.63, 3.8) is 0 Å². The fourth-order valence-electron chi connectivity index (χ4n) is 1.77. The SMILES string of the molecule is N#Cc1c(F)cccc1Nc1cc(N)ccc1C(N)=O. The number of anilines is 3. The van der Waals surface area contributed by atoms with E-state index in [-0.39, 0.29) is 16.8 Å². The van der Waals surface area contributed by atoms with Gasteiger partial charge in [-0.25, -0.2) is 4.39 Å². The highest BCUT2D eigenvalue weighted by Crippen LogP contribution is 2.26. The molecule has 0 radical (unpaired) electrons. The Morgan fingerprint density at radius 2 is 2.00 bits per heavy atom. The molecule has 0 fully saturated rings. The first-order valence-corrected chi connectivity index (χ1v) is 5.68. The van der Waals surface area contributed by atoms with Crippen molar-refractivity contribution in [3.05, 3.63) is 53.3 Å². The van der Waals surface area contributed by atoms with E-state index in [1.807, 2.05) is 0 Å². The van der Waals surface area contributed by atoms with E-state index in [9.17, 15) is 9.18 Å². The van der Waals surface area contributed by atoms with E-state index in [0.29, 0.717) is 11.4 Å². The smallest absolute Gasteiger partial charge is 0.250 e. The third kappa shape index (κ3) is 2.52. The van der Waals surface area contributed by atoms with Gasteiger partial charge in [-0.15, -0.1) is 0 Å². The summed E-state index contributed by atoms with van der Waals surface area (Å²) >= 11 is 0. The number of nitrogens with zero attached hydrogens (tertiary/aromatic N) is 1. The molecular formula is C14H11FN4O. The summed E-state index contributed by atoms with van der Waals surface area (Å²) in [6.07, 6.45) is 0. The minimum absolute atomic E-state index is 0.148. The Bertz CT molecular complexity index is 722. The van der Waals surface area contributed by atoms with Gasteiger partial charge in [0.15, 0.2) is 0 Å². The molecule has 20 heavy (non-hydrogen) atoms. The van der Waals surface area contributed by atoms with Crippen molar-refractivity contribution in [2.45, 2.75) is 0 Å². The molecule has 5 N–H and O–H groups in total. The van der Waals surface area contributed by atoms with Gasteiger partial charge in [0.1, 0.15) is 17.4 Å². The monoisotopic (exact) mass is 270 g/mol. The second kappa shape index (κ2) is 5.28. The summed E-state index contributed by atoms with van der Waals surface area (Å²) in [6.45, 7) is 0. The van der Waals surface area contributed by atoms with E-state index in [1.54, 1.807) is 6.07 Å². The van der Waals surface area contributed by atoms with Crippen LogP contribution in [0.5, 0.6) is 0 Å². The van der Waals surface area contributed by atoms with Crippen molar-refractivity contribution in [2.75, 3.05) is 11.1 Å². The zero-order valence-electron chi connectivity index (χ0n) is 10.4. The average Bonchev–Trinajstić information content (AvgIpc) is 2.38. The zero-order chi connectivity index (χ0) is 14.7. The number of carbonyl (C=O) groups is 1. The Kier molecular flexibility index (Phi) is 3.53. The van der Waals surface area contributed by atoms with Gasteiger partial charge in [0.2, 0.25) is 0 Å². The maximum Gasteiger partial charge on any atom is 0.250 e. The van der Waals surface area contributed by atoms with E-state index >= 15 is 0 Å². The van der Waals surface area contributed by atoms with E-state index in [0.717, 1.165) is 0 Å². The second-order valence-electron chi connectivity index (χ2n) is 4.07. The van der Waals surface area contributed by atoms with E-state index in [4.69, 9.17) is 16.7 Å². The summed E-state index contributed by atoms with van der Waals surface area (Å²) in [5, 5.41) is 11.8. The quantitative estimate of drug-likeness (QED) is 0.743. The lowest BCUT2D eigenvalue weighted by molar-refractivity contribution is 0.100. The standard InChI is InChI=1S/C14H11FN4O/c15-11-2-1-3-12(10(11)7-16)19-13-6-8(17)4-5-9(13)14(18)20/h1-6,19H,17H2,(H2,18,20). The lowest BCUT2D eigenvalue weighted by atomic mass is 10.1. The Hall–Kier alpha value is -3.07. The van der Waals surface area contributed by atoms with Gasteiger partial charge >= 0.3 is 0 Å². The molecule has 0 aliphatic carbocycles. The normalized spacial score (nSPS) is 9.80. The molecule has 5 nitrogen and oxygen atoms in total. The highest BCUT2D eigenvalue weighted by molar-refractivity contribution is 6.00. The number of benzene rings is 2. The van der Waals surface area contributed by atoms with Crippen molar-refractivity contribution in [1.29, 1.82) is 5.26 Å². The first-order chi connectivity index (χ1) is 9.52. The fraction of sp³-hybridized carbons (Fsp3) is 0. The van der Waals surface area contributed by atoms with Crippen LogP contribution >= 0.6 is 0 Å². The van der Waals surface area contributed by atoms with E-state index in [1.165, 1.54) is 36.4 Å². The molecule has 1 amide bonds. The molecule has 2 rings (SSSR count). The number of amides is 1. The Morgan fingerprint density at radius 1 is 1.25 bits per heavy atom. The van der Waals surface area contributed by atoms with Crippen LogP contribution in [0.2, 0.25) is 0 Å². The minimum atomic E-state index is -0.651. The molecule has 2 aromatic rings. The molecule has 0 heterocycles. The van der Waals surface area contributed by atoms with Crippen molar-refractivity contribution >= 4 is 23.0 Å². The Balaban J connectivity index is 2.51. The molecule has 6 heteroatoms. The number of nitrogens with two attached hydrogens (primary N) is 2. The van der Waals surface area contributed by atoms with Gasteiger partial charge in [-0.2, -0.15) is 5.26 Å². The third-order valence-corrected chi connectivity index (χ3v) is 2.70. The minimum Gasteiger partial charge on any atom is -0.399 e. The van der Waals surface area contributed by atoms with Crippen molar-refractivity contribution < 1.29 is 9.18 Å². The third-order valence-electron chi connectivity index (χ3n) is 2.70. The van der Waals surface area contributed by atoms with Crippen molar-refractivity contribution in [2.24, 2.45) is 5.73 Å². The summed E-state index contributed by atoms with van der Waals surface area (Å²) in [5.41, 5.74) is 11.9. The van der Waals surface area contributed by atoms with Crippen LogP contribution in [-0.2, 0) is 0 Å². The van der Waals surface area contributed by atoms with Gasteiger partial charge in [0, 0.05) is 5.69 Å². The van der Waals surface area contributed by atoms with Gasteiger partial charge in [0.25, 0.3) is 5.91 Å². The first kappa shape index (κ1) is 13.4. The van der Waals surface area contributed by atoms with Crippen LogP contribution in [0.25, 0.3) is 0 Å². The van der Waals surface area contributed by atoms with Crippen LogP contribution in [0.3, 0.4) is 0 Å². The predicted molar refractivity (Wildman–Crippen MR) is 73.8 cm³/mol. The highest BCUT2D eigenvalue weighted by Gasteiger charge is 2.12. The number of primary amides is 1. The summed E-state index contributed by atoms with van der Waals surface area (Å²) in [6, 6.07) is 10.4. The lowest BCUT2D eigenvalue weighted by Gasteiger charge is -2.12. The van der Waals surface area contributed by atoms with Crippen molar-refractivity contribution in [3.8, 4) is 6.07 Å². The second-order valence-corrected chi connectivity index (χ2v) is 4.07. The fourth-order valence-corrected chi connectivity index (χ4v) is 1.77. The van der Waals surface area contributed by atoms with Gasteiger partial charge in [-0.05, 0) is 30.3 Å². The van der Waals surface area contributed by atoms with E-state index < -0.39 is 11.7 Å². The molecule has 0 aromatic heterocycles. The molecule has 0 aliphatic rings. The van der Waals surface area contributed by atoms with Crippen LogP contribution in [0, 0.1) is 17.1 Å². The number of carbonyl (C=O) groups excluding carboxylic acids is 1. The molecule has 0 bridgehead atoms. The van der Waals surface area contributed by atoms with Crippen LogP contribution in [0.4, 0.5) is 21.5 Å². The number of nitrogens with one attached hydrogen (secondary N) is 1. The molecule has 0 spiro atoms. The van der Waals surface area contributed by atoms with Crippen LogP contribution < -0.4 is 16.8 Å². The van der Waals surface area contributed by atoms with Crippen LogP contribution in [0.15, 0.2) is 36.4 Å². The molecule has 0 atom stereocenters. The summed E-state index contributed by atoms with van der Waals surface area (Å²) in [7, 11) is 0. The molecule has 0 unspecified atom stereocenters. The number of nitriles is 1. The molecule has 0 aliphatic heterocycles. The largest absolute Gasteiger partial charge is 0.399 e. The number of rotatable bonds is 3. The van der Waals surface area contributed by atoms with Gasteiger partial charge < -0.3 is 16.8 Å². The first-order valence-electron chi connectivity index (χ1n) is 5.68. The molecule has 2 aromatic carbocycles. The number of hydrogen-bond donors (Lipinski definition) is 3. The lowest BCUT2D eigenvalue weighted by Crippen LogP contribution is -2.13. The van der Waals surface area contributed by atoms with Crippen molar-refractivity contribution in [1.82, 2.24) is 0 Å². The van der Waals surface area contributed by atoms with Gasteiger partial charge in [-0.1, -0.05) is 6.07 Å². The molecular weight excluding hydrogens is 259 g/mol. The number of halogens is 1. The number of nitrogen functional groups attached to an aromatic ring is 1. The number of hydrogen-bond acceptors (Lipinski definition) is 4. The zero-order valence-corrected chi connectivity index (χ0v) is 10.4. The molecule has 0 saturated heterocycles. The van der Waals surface area contributed by atoms with E-state index in [2.05, 4.69) is 5.32 Å². The highest BCUT2D eigenvalue weighted by atomic mass is 19.1. The summed E-state index contributed by atoms with van der Waals surface area (Å²) < 4.78 is 13.5. The maximum absolute atomic E-state index is 13.5. The predicted octanol–water partition coefficient (Wildman–Crippen LogP) is 2.12. The van der Waals surface area contributed by atoms with Crippen LogP contribution in [0.1, 0.15) is 15.9 Å². The van der Waals surface area contributed by atoms with Crippen LogP contribution in [-0.4, -0.2) is 5.91 Å². The van der Waals surface area contributed by atoms with Gasteiger partial charge in [0.05, 0.1) is 16.9 Å². The Morgan fingerprint density at radius 3 is 2.65 bits per heavy atom. The maximum atomic E-state index is 13.5. The van der Waals surface area contributed by atoms with Gasteiger partial charge in [-0.3, -0.25) is 4.79 Å². The molecule has 100 valence electrons. The summed E-state index contributed by atoms with van der Waals surface area (Å²) in [5.74, 6) is -1.30. The summed E-state index contributed by atoms with van der Waals surface area (Å²) in [4.78, 5) is 11.3. The topological polar surface area (TPSA) is 105 Å². The average molecular weight is 270 g/mol. The molecule has 0 saturated carbocycles.